The second kappa shape index (κ2) is 8.88. The zero-order valence-corrected chi connectivity index (χ0v) is 18.9. The molecule has 180 valence electrons. The van der Waals surface area contributed by atoms with E-state index in [9.17, 15) is 19.5 Å². The van der Waals surface area contributed by atoms with Crippen molar-refractivity contribution < 1.29 is 29.0 Å². The molecular weight excluding hydrogens is 452 g/mol. The molecule has 2 aliphatic rings. The van der Waals surface area contributed by atoms with Crippen molar-refractivity contribution in [2.45, 2.75) is 18.9 Å². The highest BCUT2D eigenvalue weighted by Crippen LogP contribution is 2.44. The summed E-state index contributed by atoms with van der Waals surface area (Å²) < 4.78 is 10.7. The van der Waals surface area contributed by atoms with Crippen LogP contribution in [0.2, 0.25) is 0 Å². The number of anilines is 1. The first-order chi connectivity index (χ1) is 16.9. The van der Waals surface area contributed by atoms with Crippen molar-refractivity contribution in [2.24, 2.45) is 5.41 Å². The lowest BCUT2D eigenvalue weighted by Gasteiger charge is -2.25. The first-order valence-corrected chi connectivity index (χ1v) is 11.2. The molecule has 1 aliphatic carbocycles. The van der Waals surface area contributed by atoms with Crippen LogP contribution in [0, 0.1) is 5.41 Å². The number of aliphatic carboxylic acids is 1. The molecule has 0 bridgehead atoms. The molecule has 1 aliphatic heterocycles. The summed E-state index contributed by atoms with van der Waals surface area (Å²) in [6, 6.07) is 16.7. The second-order valence-electron chi connectivity index (χ2n) is 8.88. The number of rotatable bonds is 6. The number of ether oxygens (including phenoxy) is 2. The Kier molecular flexibility index (Phi) is 5.73. The predicted octanol–water partition coefficient (Wildman–Crippen LogP) is 2.99. The van der Waals surface area contributed by atoms with Gasteiger partial charge in [-0.25, -0.2) is 4.79 Å². The molecule has 2 unspecified atom stereocenters. The summed E-state index contributed by atoms with van der Waals surface area (Å²) in [4.78, 5) is 36.6. The van der Waals surface area contributed by atoms with Gasteiger partial charge in [-0.15, -0.1) is 0 Å². The molecule has 2 heterocycles. The van der Waals surface area contributed by atoms with Crippen LogP contribution in [0.1, 0.15) is 34.5 Å². The molecule has 1 fully saturated rings. The predicted molar refractivity (Wildman–Crippen MR) is 125 cm³/mol. The fourth-order valence-electron chi connectivity index (χ4n) is 4.56. The van der Waals surface area contributed by atoms with Crippen LogP contribution in [0.4, 0.5) is 10.6 Å². The molecule has 2 amide bonds. The van der Waals surface area contributed by atoms with E-state index in [2.05, 4.69) is 33.0 Å². The fourth-order valence-corrected chi connectivity index (χ4v) is 4.56. The number of carboxylic acids is 1. The number of aromatic nitrogens is 2. The Labute approximate surface area is 200 Å². The fraction of sp³-hybridized carbons (Fsp3) is 0.280. The zero-order valence-electron chi connectivity index (χ0n) is 18.9. The van der Waals surface area contributed by atoms with E-state index in [-0.39, 0.29) is 37.3 Å². The van der Waals surface area contributed by atoms with Crippen molar-refractivity contribution in [3.05, 3.63) is 71.4 Å². The van der Waals surface area contributed by atoms with Crippen LogP contribution < -0.4 is 10.6 Å². The number of benzene rings is 2. The molecule has 5 rings (SSSR count). The lowest BCUT2D eigenvalue weighted by atomic mass is 9.85. The number of fused-ring (bicyclic) bond motifs is 3. The number of hydrogen-bond acceptors (Lipinski definition) is 6. The molecule has 4 N–H and O–H groups in total. The Balaban J connectivity index is 1.20. The number of hydrogen-bond donors (Lipinski definition) is 4. The number of nitrogens with one attached hydrogen (secondary N) is 3. The molecule has 1 aromatic heterocycles. The van der Waals surface area contributed by atoms with Crippen molar-refractivity contribution in [2.75, 3.05) is 25.1 Å². The summed E-state index contributed by atoms with van der Waals surface area (Å²) in [6.07, 6.45) is -0.701. The monoisotopic (exact) mass is 476 g/mol. The smallest absolute Gasteiger partial charge is 0.412 e. The molecular formula is C25H24N4O6. The maximum Gasteiger partial charge on any atom is 0.412 e. The number of carboxylic acid groups (broad SMARTS) is 1. The van der Waals surface area contributed by atoms with Gasteiger partial charge >= 0.3 is 12.1 Å². The maximum absolute atomic E-state index is 12.6. The summed E-state index contributed by atoms with van der Waals surface area (Å²) in [5, 5.41) is 21.1. The number of carbonyl (C=O) groups excluding carboxylic acids is 2. The lowest BCUT2D eigenvalue weighted by Crippen LogP contribution is -2.49. The van der Waals surface area contributed by atoms with Crippen LogP contribution in [0.15, 0.2) is 54.6 Å². The Morgan fingerprint density at radius 2 is 1.80 bits per heavy atom. The standard InChI is InChI=1S/C25H24N4O6/c1-25(23(31)32)13-34-12-20(25)26-22(30)19-10-21(29-28-19)27-24(33)35-11-18-16-8-4-2-6-14(16)15-7-3-5-9-17(15)18/h2-10,18,20H,11-13H2,1H3,(H,26,30)(H,31,32)(H2,27,28,29,33). The summed E-state index contributed by atoms with van der Waals surface area (Å²) in [7, 11) is 0. The van der Waals surface area contributed by atoms with Gasteiger partial charge in [0.15, 0.2) is 5.82 Å². The molecule has 0 spiro atoms. The van der Waals surface area contributed by atoms with Crippen molar-refractivity contribution in [3.8, 4) is 11.1 Å². The summed E-state index contributed by atoms with van der Waals surface area (Å²) in [6.45, 7) is 1.76. The lowest BCUT2D eigenvalue weighted by molar-refractivity contribution is -0.148. The quantitative estimate of drug-likeness (QED) is 0.428. The van der Waals surface area contributed by atoms with Crippen molar-refractivity contribution >= 4 is 23.8 Å². The molecule has 10 heteroatoms. The third kappa shape index (κ3) is 4.12. The minimum atomic E-state index is -1.22. The third-order valence-electron chi connectivity index (χ3n) is 6.65. The Hall–Kier alpha value is -4.18. The average Bonchev–Trinajstić information content (AvgIpc) is 3.55. The van der Waals surface area contributed by atoms with E-state index in [4.69, 9.17) is 9.47 Å². The molecule has 1 saturated heterocycles. The third-order valence-corrected chi connectivity index (χ3v) is 6.65. The van der Waals surface area contributed by atoms with E-state index in [0.717, 1.165) is 22.3 Å². The van der Waals surface area contributed by atoms with E-state index < -0.39 is 29.4 Å². The van der Waals surface area contributed by atoms with Gasteiger partial charge in [0, 0.05) is 12.0 Å². The highest BCUT2D eigenvalue weighted by Gasteiger charge is 2.47. The van der Waals surface area contributed by atoms with E-state index in [1.165, 1.54) is 13.0 Å². The van der Waals surface area contributed by atoms with E-state index in [0.29, 0.717) is 0 Å². The molecule has 35 heavy (non-hydrogen) atoms. The van der Waals surface area contributed by atoms with Gasteiger partial charge in [0.25, 0.3) is 5.91 Å². The van der Waals surface area contributed by atoms with E-state index in [1.54, 1.807) is 0 Å². The minimum Gasteiger partial charge on any atom is -0.481 e. The van der Waals surface area contributed by atoms with Gasteiger partial charge in [-0.2, -0.15) is 5.10 Å². The highest BCUT2D eigenvalue weighted by molar-refractivity contribution is 5.95. The largest absolute Gasteiger partial charge is 0.481 e. The molecule has 3 aromatic rings. The zero-order chi connectivity index (χ0) is 24.6. The number of amides is 2. The van der Waals surface area contributed by atoms with Gasteiger partial charge in [-0.1, -0.05) is 48.5 Å². The SMILES string of the molecule is CC1(C(=O)O)COCC1NC(=O)c1cc(NC(=O)OCC2c3ccccc3-c3ccccc32)n[nH]1. The van der Waals surface area contributed by atoms with Gasteiger partial charge in [-0.3, -0.25) is 20.0 Å². The number of carbonyl (C=O) groups is 3. The van der Waals surface area contributed by atoms with E-state index >= 15 is 0 Å². The summed E-state index contributed by atoms with van der Waals surface area (Å²) >= 11 is 0. The van der Waals surface area contributed by atoms with Gasteiger partial charge in [0.2, 0.25) is 0 Å². The first kappa shape index (κ1) is 22.6. The molecule has 0 saturated carbocycles. The van der Waals surface area contributed by atoms with Crippen LogP contribution in [0.3, 0.4) is 0 Å². The average molecular weight is 476 g/mol. The summed E-state index contributed by atoms with van der Waals surface area (Å²) in [5.74, 6) is -1.58. The topological polar surface area (TPSA) is 143 Å². The van der Waals surface area contributed by atoms with Crippen LogP contribution >= 0.6 is 0 Å². The maximum atomic E-state index is 12.6. The van der Waals surface area contributed by atoms with Gasteiger partial charge in [0.05, 0.1) is 19.3 Å². The molecule has 10 nitrogen and oxygen atoms in total. The number of nitrogens with zero attached hydrogens (tertiary/aromatic N) is 1. The van der Waals surface area contributed by atoms with Crippen LogP contribution in [-0.2, 0) is 14.3 Å². The normalized spacial score (nSPS) is 20.7. The van der Waals surface area contributed by atoms with Gasteiger partial charge in [0.1, 0.15) is 17.7 Å². The van der Waals surface area contributed by atoms with Crippen molar-refractivity contribution in [1.82, 2.24) is 15.5 Å². The second-order valence-corrected chi connectivity index (χ2v) is 8.88. The van der Waals surface area contributed by atoms with Crippen LogP contribution in [-0.4, -0.2) is 59.1 Å². The van der Waals surface area contributed by atoms with Crippen LogP contribution in [0.5, 0.6) is 0 Å². The Morgan fingerprint density at radius 1 is 1.14 bits per heavy atom. The number of aromatic amines is 1. The Bertz CT molecular complexity index is 1260. The molecule has 2 aromatic carbocycles. The molecule has 2 atom stereocenters. The summed E-state index contributed by atoms with van der Waals surface area (Å²) in [5.41, 5.74) is 3.31. The van der Waals surface area contributed by atoms with E-state index in [1.807, 2.05) is 36.4 Å². The van der Waals surface area contributed by atoms with Gasteiger partial charge in [-0.05, 0) is 29.2 Å². The first-order valence-electron chi connectivity index (χ1n) is 11.2. The highest BCUT2D eigenvalue weighted by atomic mass is 16.5. The van der Waals surface area contributed by atoms with Crippen molar-refractivity contribution in [1.29, 1.82) is 0 Å². The van der Waals surface area contributed by atoms with Crippen molar-refractivity contribution in [3.63, 3.8) is 0 Å². The number of H-pyrrole nitrogens is 1. The minimum absolute atomic E-state index is 0.00481. The van der Waals surface area contributed by atoms with Gasteiger partial charge < -0.3 is 19.9 Å². The molecule has 0 radical (unpaired) electrons. The Morgan fingerprint density at radius 3 is 2.46 bits per heavy atom. The van der Waals surface area contributed by atoms with Crippen LogP contribution in [0.25, 0.3) is 11.1 Å².